The van der Waals surface area contributed by atoms with Gasteiger partial charge in [0.2, 0.25) is 5.91 Å². The van der Waals surface area contributed by atoms with Crippen LogP contribution in [0.3, 0.4) is 0 Å². The first-order chi connectivity index (χ1) is 11.7. The Hall–Kier alpha value is -2.23. The monoisotopic (exact) mass is 321 g/mol. The van der Waals surface area contributed by atoms with Crippen LogP contribution in [0.2, 0.25) is 0 Å². The quantitative estimate of drug-likeness (QED) is 0.872. The summed E-state index contributed by atoms with van der Waals surface area (Å²) in [6.07, 6.45) is 7.71. The molecule has 0 spiro atoms. The van der Waals surface area contributed by atoms with Crippen molar-refractivity contribution in [3.63, 3.8) is 0 Å². The Labute approximate surface area is 142 Å². The lowest BCUT2D eigenvalue weighted by atomic mass is 9.90. The van der Waals surface area contributed by atoms with Gasteiger partial charge in [-0.05, 0) is 38.2 Å². The summed E-state index contributed by atoms with van der Waals surface area (Å²) in [5, 5.41) is 0. The second-order valence-electron chi connectivity index (χ2n) is 7.12. The minimum absolute atomic E-state index is 0.262. The minimum atomic E-state index is -0.262. The molecular weight excluding hydrogens is 298 g/mol. The third-order valence-corrected chi connectivity index (χ3v) is 5.39. The van der Waals surface area contributed by atoms with E-state index < -0.39 is 0 Å². The number of amides is 1. The Balaban J connectivity index is 1.53. The van der Waals surface area contributed by atoms with Crippen LogP contribution in [0.1, 0.15) is 48.6 Å². The number of piperidine rings is 1. The molecule has 1 atom stereocenters. The lowest BCUT2D eigenvalue weighted by Gasteiger charge is -2.35. The number of hydrogen-bond acceptors (Lipinski definition) is 3. The second kappa shape index (κ2) is 6.00. The molecule has 0 radical (unpaired) electrons. The van der Waals surface area contributed by atoms with Crippen molar-refractivity contribution in [2.45, 2.75) is 43.9 Å². The number of rotatable bonds is 3. The Kier molecular flexibility index (Phi) is 3.83. The van der Waals surface area contributed by atoms with E-state index in [1.54, 1.807) is 6.20 Å². The standard InChI is InChI=1S/C20H23N3O/c1-15-12-21-13-18(22-15)16-6-5-11-23(14-16)19(24)20(9-10-20)17-7-3-2-4-8-17/h2-4,7-8,12-13,16H,5-6,9-11,14H2,1H3/t16-/m0/s1. The molecule has 24 heavy (non-hydrogen) atoms. The molecule has 2 fully saturated rings. The van der Waals surface area contributed by atoms with E-state index in [0.717, 1.165) is 50.2 Å². The lowest BCUT2D eigenvalue weighted by molar-refractivity contribution is -0.135. The molecule has 1 aromatic heterocycles. The summed E-state index contributed by atoms with van der Waals surface area (Å²) >= 11 is 0. The van der Waals surface area contributed by atoms with E-state index in [2.05, 4.69) is 27.0 Å². The molecule has 1 aliphatic carbocycles. The molecule has 4 nitrogen and oxygen atoms in total. The number of carbonyl (C=O) groups excluding carboxylic acids is 1. The highest BCUT2D eigenvalue weighted by atomic mass is 16.2. The van der Waals surface area contributed by atoms with E-state index in [4.69, 9.17) is 0 Å². The van der Waals surface area contributed by atoms with Crippen molar-refractivity contribution in [1.82, 2.24) is 14.9 Å². The van der Waals surface area contributed by atoms with Gasteiger partial charge in [0.1, 0.15) is 0 Å². The van der Waals surface area contributed by atoms with Gasteiger partial charge in [-0.15, -0.1) is 0 Å². The van der Waals surface area contributed by atoms with Crippen LogP contribution >= 0.6 is 0 Å². The van der Waals surface area contributed by atoms with Gasteiger partial charge >= 0.3 is 0 Å². The van der Waals surface area contributed by atoms with Crippen molar-refractivity contribution in [1.29, 1.82) is 0 Å². The van der Waals surface area contributed by atoms with Crippen molar-refractivity contribution in [3.8, 4) is 0 Å². The van der Waals surface area contributed by atoms with Crippen molar-refractivity contribution in [3.05, 3.63) is 59.7 Å². The number of hydrogen-bond donors (Lipinski definition) is 0. The molecule has 1 saturated heterocycles. The fourth-order valence-electron chi connectivity index (χ4n) is 3.89. The molecule has 0 unspecified atom stereocenters. The van der Waals surface area contributed by atoms with Gasteiger partial charge in [0.25, 0.3) is 0 Å². The van der Waals surface area contributed by atoms with Crippen molar-refractivity contribution in [2.75, 3.05) is 13.1 Å². The number of aromatic nitrogens is 2. The normalized spacial score (nSPS) is 22.2. The first kappa shape index (κ1) is 15.3. The fraction of sp³-hybridized carbons (Fsp3) is 0.450. The number of nitrogens with zero attached hydrogens (tertiary/aromatic N) is 3. The number of benzene rings is 1. The highest BCUT2D eigenvalue weighted by Crippen LogP contribution is 2.50. The van der Waals surface area contributed by atoms with Crippen LogP contribution in [0.4, 0.5) is 0 Å². The molecule has 1 aliphatic heterocycles. The zero-order valence-corrected chi connectivity index (χ0v) is 14.1. The Bertz CT molecular complexity index is 740. The van der Waals surface area contributed by atoms with Crippen LogP contribution in [0.15, 0.2) is 42.7 Å². The summed E-state index contributed by atoms with van der Waals surface area (Å²) in [6.45, 7) is 3.60. The zero-order chi connectivity index (χ0) is 16.6. The van der Waals surface area contributed by atoms with Crippen LogP contribution in [0, 0.1) is 6.92 Å². The van der Waals surface area contributed by atoms with Crippen LogP contribution in [0.5, 0.6) is 0 Å². The second-order valence-corrected chi connectivity index (χ2v) is 7.12. The van der Waals surface area contributed by atoms with E-state index >= 15 is 0 Å². The molecule has 0 bridgehead atoms. The molecule has 2 heterocycles. The summed E-state index contributed by atoms with van der Waals surface area (Å²) in [6, 6.07) is 10.3. The van der Waals surface area contributed by atoms with Crippen molar-refractivity contribution >= 4 is 5.91 Å². The SMILES string of the molecule is Cc1cncc([C@H]2CCCN(C(=O)C3(c4ccccc4)CC3)C2)n1. The topological polar surface area (TPSA) is 46.1 Å². The van der Waals surface area contributed by atoms with E-state index in [1.807, 2.05) is 31.3 Å². The number of likely N-dealkylation sites (tertiary alicyclic amines) is 1. The summed E-state index contributed by atoms with van der Waals surface area (Å²) in [7, 11) is 0. The summed E-state index contributed by atoms with van der Waals surface area (Å²) in [5.74, 6) is 0.612. The molecule has 2 aliphatic rings. The molecule has 1 saturated carbocycles. The first-order valence-electron chi connectivity index (χ1n) is 8.82. The van der Waals surface area contributed by atoms with Gasteiger partial charge in [0.15, 0.2) is 0 Å². The third-order valence-electron chi connectivity index (χ3n) is 5.39. The van der Waals surface area contributed by atoms with Crippen molar-refractivity contribution < 1.29 is 4.79 Å². The highest BCUT2D eigenvalue weighted by Gasteiger charge is 2.53. The van der Waals surface area contributed by atoms with Gasteiger partial charge in [-0.25, -0.2) is 0 Å². The zero-order valence-electron chi connectivity index (χ0n) is 14.1. The predicted molar refractivity (Wildman–Crippen MR) is 92.7 cm³/mol. The van der Waals surface area contributed by atoms with E-state index in [-0.39, 0.29) is 5.41 Å². The smallest absolute Gasteiger partial charge is 0.233 e. The molecule has 2 aromatic rings. The van der Waals surface area contributed by atoms with Gasteiger partial charge in [0, 0.05) is 31.4 Å². The molecule has 1 amide bonds. The highest BCUT2D eigenvalue weighted by molar-refractivity contribution is 5.91. The minimum Gasteiger partial charge on any atom is -0.341 e. The third kappa shape index (κ3) is 2.70. The van der Waals surface area contributed by atoms with E-state index in [0.29, 0.717) is 11.8 Å². The van der Waals surface area contributed by atoms with Crippen LogP contribution < -0.4 is 0 Å². The van der Waals surface area contributed by atoms with Gasteiger partial charge in [-0.3, -0.25) is 14.8 Å². The maximum atomic E-state index is 13.2. The fourth-order valence-corrected chi connectivity index (χ4v) is 3.89. The van der Waals surface area contributed by atoms with Gasteiger partial charge in [-0.2, -0.15) is 0 Å². The number of aryl methyl sites for hydroxylation is 1. The Morgan fingerprint density at radius 1 is 1.21 bits per heavy atom. The average molecular weight is 321 g/mol. The summed E-state index contributed by atoms with van der Waals surface area (Å²) < 4.78 is 0. The van der Waals surface area contributed by atoms with Crippen LogP contribution in [-0.4, -0.2) is 33.9 Å². The molecule has 0 N–H and O–H groups in total. The number of carbonyl (C=O) groups is 1. The maximum Gasteiger partial charge on any atom is 0.233 e. The Morgan fingerprint density at radius 2 is 2.00 bits per heavy atom. The molecule has 4 rings (SSSR count). The Morgan fingerprint density at radius 3 is 2.71 bits per heavy atom. The summed E-state index contributed by atoms with van der Waals surface area (Å²) in [5.41, 5.74) is 2.88. The summed E-state index contributed by atoms with van der Waals surface area (Å²) in [4.78, 5) is 24.2. The van der Waals surface area contributed by atoms with Crippen LogP contribution in [0.25, 0.3) is 0 Å². The average Bonchev–Trinajstić information content (AvgIpc) is 3.44. The van der Waals surface area contributed by atoms with Gasteiger partial charge in [-0.1, -0.05) is 30.3 Å². The molecule has 124 valence electrons. The predicted octanol–water partition coefficient (Wildman–Crippen LogP) is 3.22. The van der Waals surface area contributed by atoms with Crippen molar-refractivity contribution in [2.24, 2.45) is 0 Å². The lowest BCUT2D eigenvalue weighted by Crippen LogP contribution is -2.44. The van der Waals surface area contributed by atoms with E-state index in [9.17, 15) is 4.79 Å². The first-order valence-corrected chi connectivity index (χ1v) is 8.82. The molecule has 4 heteroatoms. The van der Waals surface area contributed by atoms with Gasteiger partial charge in [0.05, 0.1) is 16.8 Å². The molecule has 1 aromatic carbocycles. The van der Waals surface area contributed by atoms with E-state index in [1.165, 1.54) is 5.56 Å². The maximum absolute atomic E-state index is 13.2. The van der Waals surface area contributed by atoms with Gasteiger partial charge < -0.3 is 4.90 Å². The molecular formula is C20H23N3O. The largest absolute Gasteiger partial charge is 0.341 e. The van der Waals surface area contributed by atoms with Crippen LogP contribution in [-0.2, 0) is 10.2 Å².